The van der Waals surface area contributed by atoms with E-state index in [-0.39, 0.29) is 22.9 Å². The lowest BCUT2D eigenvalue weighted by Gasteiger charge is -2.15. The normalized spacial score (nSPS) is 13.9. The summed E-state index contributed by atoms with van der Waals surface area (Å²) in [6.45, 7) is 3.79. The van der Waals surface area contributed by atoms with E-state index in [1.807, 2.05) is 13.8 Å². The molecule has 0 spiro atoms. The summed E-state index contributed by atoms with van der Waals surface area (Å²) in [5, 5.41) is 2.90. The van der Waals surface area contributed by atoms with Crippen molar-refractivity contribution in [2.45, 2.75) is 39.2 Å². The number of halogens is 3. The minimum Gasteiger partial charge on any atom is -0.328 e. The van der Waals surface area contributed by atoms with Crippen LogP contribution in [-0.4, -0.2) is 11.9 Å². The van der Waals surface area contributed by atoms with E-state index in [0.29, 0.717) is 10.2 Å². The van der Waals surface area contributed by atoms with Gasteiger partial charge in [0, 0.05) is 16.4 Å². The summed E-state index contributed by atoms with van der Waals surface area (Å²) in [7, 11) is 0. The van der Waals surface area contributed by atoms with Gasteiger partial charge in [0.1, 0.15) is 5.82 Å². The number of amides is 1. The van der Waals surface area contributed by atoms with Crippen molar-refractivity contribution in [3.63, 3.8) is 0 Å². The Kier molecular flexibility index (Phi) is 6.92. The fourth-order valence-corrected chi connectivity index (χ4v) is 2.68. The summed E-state index contributed by atoms with van der Waals surface area (Å²) in [6.07, 6.45) is 2.53. The van der Waals surface area contributed by atoms with Crippen molar-refractivity contribution in [3.8, 4) is 0 Å². The molecule has 0 saturated carbocycles. The van der Waals surface area contributed by atoms with Crippen molar-refractivity contribution in [2.75, 3.05) is 5.32 Å². The third-order valence-corrected chi connectivity index (χ3v) is 3.92. The van der Waals surface area contributed by atoms with Crippen molar-refractivity contribution in [1.82, 2.24) is 0 Å². The molecule has 6 heteroatoms. The Morgan fingerprint density at radius 3 is 2.65 bits per heavy atom. The van der Waals surface area contributed by atoms with Crippen molar-refractivity contribution < 1.29 is 9.18 Å². The van der Waals surface area contributed by atoms with Gasteiger partial charge in [-0.1, -0.05) is 24.9 Å². The Morgan fingerprint density at radius 1 is 1.45 bits per heavy atom. The first kappa shape index (κ1) is 17.4. The van der Waals surface area contributed by atoms with Crippen LogP contribution in [0.2, 0.25) is 5.02 Å². The van der Waals surface area contributed by atoms with Crippen molar-refractivity contribution in [3.05, 3.63) is 27.4 Å². The summed E-state index contributed by atoms with van der Waals surface area (Å²) >= 11 is 9.12. The van der Waals surface area contributed by atoms with Gasteiger partial charge >= 0.3 is 0 Å². The molecule has 1 aromatic carbocycles. The molecule has 0 aliphatic carbocycles. The second-order valence-electron chi connectivity index (χ2n) is 5.04. The second-order valence-corrected chi connectivity index (χ2v) is 6.30. The molecule has 0 fully saturated rings. The zero-order chi connectivity index (χ0) is 15.3. The number of rotatable bonds is 6. The van der Waals surface area contributed by atoms with Crippen LogP contribution >= 0.6 is 27.5 Å². The number of hydrogen-bond acceptors (Lipinski definition) is 2. The first-order valence-corrected chi connectivity index (χ1v) is 7.69. The van der Waals surface area contributed by atoms with Crippen LogP contribution in [-0.2, 0) is 4.79 Å². The SMILES string of the molecule is CC(N)CCCC(C)C(=O)Nc1c(Cl)cc(F)cc1Br. The smallest absolute Gasteiger partial charge is 0.227 e. The Balaban J connectivity index is 2.62. The standard InChI is InChI=1S/C14H19BrClFN2O/c1-8(4-3-5-9(2)18)14(20)19-13-11(15)6-10(17)7-12(13)16/h6-9H,3-5,18H2,1-2H3,(H,19,20). The Labute approximate surface area is 132 Å². The van der Waals surface area contributed by atoms with Gasteiger partial charge in [-0.05, 0) is 47.8 Å². The molecule has 0 bridgehead atoms. The lowest BCUT2D eigenvalue weighted by Crippen LogP contribution is -2.22. The molecule has 0 aromatic heterocycles. The fraction of sp³-hybridized carbons (Fsp3) is 0.500. The zero-order valence-electron chi connectivity index (χ0n) is 11.6. The zero-order valence-corrected chi connectivity index (χ0v) is 13.9. The summed E-state index contributed by atoms with van der Waals surface area (Å²) in [6, 6.07) is 2.58. The van der Waals surface area contributed by atoms with Gasteiger partial charge in [0.15, 0.2) is 0 Å². The lowest BCUT2D eigenvalue weighted by atomic mass is 10.0. The molecule has 1 aromatic rings. The molecule has 1 rings (SSSR count). The van der Waals surface area contributed by atoms with Gasteiger partial charge in [-0.3, -0.25) is 4.79 Å². The average Bonchev–Trinajstić information content (AvgIpc) is 2.32. The highest BCUT2D eigenvalue weighted by Crippen LogP contribution is 2.32. The van der Waals surface area contributed by atoms with E-state index in [0.717, 1.165) is 19.3 Å². The number of carbonyl (C=O) groups is 1. The molecule has 0 saturated heterocycles. The fourth-order valence-electron chi connectivity index (χ4n) is 1.79. The highest BCUT2D eigenvalue weighted by atomic mass is 79.9. The third-order valence-electron chi connectivity index (χ3n) is 3.00. The summed E-state index contributed by atoms with van der Waals surface area (Å²) < 4.78 is 13.5. The molecule has 0 aliphatic heterocycles. The highest BCUT2D eigenvalue weighted by Gasteiger charge is 2.16. The molecule has 20 heavy (non-hydrogen) atoms. The van der Waals surface area contributed by atoms with Gasteiger partial charge < -0.3 is 11.1 Å². The number of anilines is 1. The van der Waals surface area contributed by atoms with E-state index in [4.69, 9.17) is 17.3 Å². The number of benzene rings is 1. The molecule has 0 radical (unpaired) electrons. The van der Waals surface area contributed by atoms with Gasteiger partial charge in [0.2, 0.25) is 5.91 Å². The molecule has 0 aliphatic rings. The lowest BCUT2D eigenvalue weighted by molar-refractivity contribution is -0.119. The molecular formula is C14H19BrClFN2O. The van der Waals surface area contributed by atoms with Crippen molar-refractivity contribution >= 4 is 39.1 Å². The van der Waals surface area contributed by atoms with E-state index in [1.165, 1.54) is 12.1 Å². The van der Waals surface area contributed by atoms with Gasteiger partial charge in [-0.2, -0.15) is 0 Å². The van der Waals surface area contributed by atoms with Gasteiger partial charge in [-0.15, -0.1) is 0 Å². The number of nitrogens with one attached hydrogen (secondary N) is 1. The molecule has 3 nitrogen and oxygen atoms in total. The Morgan fingerprint density at radius 2 is 2.10 bits per heavy atom. The summed E-state index contributed by atoms with van der Waals surface area (Å²) in [5.74, 6) is -0.740. The maximum Gasteiger partial charge on any atom is 0.227 e. The van der Waals surface area contributed by atoms with Crippen molar-refractivity contribution in [1.29, 1.82) is 0 Å². The number of nitrogens with two attached hydrogens (primary N) is 1. The second kappa shape index (κ2) is 7.96. The van der Waals surface area contributed by atoms with Crippen LogP contribution in [0.4, 0.5) is 10.1 Å². The van der Waals surface area contributed by atoms with Crippen LogP contribution in [0.5, 0.6) is 0 Å². The molecule has 3 N–H and O–H groups in total. The monoisotopic (exact) mass is 364 g/mol. The highest BCUT2D eigenvalue weighted by molar-refractivity contribution is 9.10. The minimum atomic E-state index is -0.454. The summed E-state index contributed by atoms with van der Waals surface area (Å²) in [4.78, 5) is 12.1. The topological polar surface area (TPSA) is 55.1 Å². The Bertz CT molecular complexity index is 459. The van der Waals surface area contributed by atoms with E-state index in [9.17, 15) is 9.18 Å². The number of hydrogen-bond donors (Lipinski definition) is 2. The van der Waals surface area contributed by atoms with Crippen LogP contribution in [0.3, 0.4) is 0 Å². The molecule has 0 heterocycles. The number of carbonyl (C=O) groups excluding carboxylic acids is 1. The van der Waals surface area contributed by atoms with Gasteiger partial charge in [0.25, 0.3) is 0 Å². The average molecular weight is 366 g/mol. The maximum absolute atomic E-state index is 13.1. The first-order chi connectivity index (χ1) is 9.31. The molecule has 112 valence electrons. The van der Waals surface area contributed by atoms with Crippen LogP contribution in [0, 0.1) is 11.7 Å². The molecule has 2 unspecified atom stereocenters. The van der Waals surface area contributed by atoms with E-state index in [2.05, 4.69) is 21.2 Å². The van der Waals surface area contributed by atoms with E-state index < -0.39 is 5.82 Å². The van der Waals surface area contributed by atoms with Crippen molar-refractivity contribution in [2.24, 2.45) is 11.7 Å². The largest absolute Gasteiger partial charge is 0.328 e. The van der Waals surface area contributed by atoms with Gasteiger partial charge in [-0.25, -0.2) is 4.39 Å². The third kappa shape index (κ3) is 5.38. The predicted octanol–water partition coefficient (Wildman–Crippen LogP) is 4.33. The molecular weight excluding hydrogens is 347 g/mol. The van der Waals surface area contributed by atoms with E-state index in [1.54, 1.807) is 0 Å². The van der Waals surface area contributed by atoms with Crippen LogP contribution in [0.25, 0.3) is 0 Å². The maximum atomic E-state index is 13.1. The quantitative estimate of drug-likeness (QED) is 0.788. The summed E-state index contributed by atoms with van der Waals surface area (Å²) in [5.41, 5.74) is 6.07. The van der Waals surface area contributed by atoms with Crippen LogP contribution in [0.1, 0.15) is 33.1 Å². The molecule has 2 atom stereocenters. The first-order valence-electron chi connectivity index (χ1n) is 6.52. The predicted molar refractivity (Wildman–Crippen MR) is 84.4 cm³/mol. The van der Waals surface area contributed by atoms with Crippen LogP contribution in [0.15, 0.2) is 16.6 Å². The van der Waals surface area contributed by atoms with E-state index >= 15 is 0 Å². The minimum absolute atomic E-state index is 0.135. The Hall–Kier alpha value is -0.650. The van der Waals surface area contributed by atoms with Crippen LogP contribution < -0.4 is 11.1 Å². The van der Waals surface area contributed by atoms with Gasteiger partial charge in [0.05, 0.1) is 10.7 Å². The molecule has 1 amide bonds.